The maximum Gasteiger partial charge on any atom is 0.210 e. The minimum absolute atomic E-state index is 0.129. The Morgan fingerprint density at radius 3 is 2.57 bits per heavy atom. The zero-order valence-corrected chi connectivity index (χ0v) is 8.99. The van der Waals surface area contributed by atoms with Gasteiger partial charge >= 0.3 is 0 Å². The molecule has 0 fully saturated rings. The van der Waals surface area contributed by atoms with Crippen molar-refractivity contribution in [1.82, 2.24) is 0 Å². The maximum atomic E-state index is 11.5. The third-order valence-corrected chi connectivity index (χ3v) is 3.06. The summed E-state index contributed by atoms with van der Waals surface area (Å²) in [6, 6.07) is 0. The molecule has 0 N–H and O–H groups in total. The molecule has 4 nitrogen and oxygen atoms in total. The Balaban J connectivity index is 2.88. The van der Waals surface area contributed by atoms with Crippen LogP contribution < -0.4 is 0 Å². The van der Waals surface area contributed by atoms with Crippen molar-refractivity contribution < 1.29 is 9.11 Å². The van der Waals surface area contributed by atoms with Crippen LogP contribution in [0.1, 0.15) is 0 Å². The summed E-state index contributed by atoms with van der Waals surface area (Å²) in [5.41, 5.74) is 0.129. The van der Waals surface area contributed by atoms with Crippen molar-refractivity contribution in [3.8, 4) is 0 Å². The van der Waals surface area contributed by atoms with Crippen molar-refractivity contribution in [2.75, 3.05) is 18.3 Å². The molecule has 0 aromatic carbocycles. The lowest BCUT2D eigenvalue weighted by molar-refractivity contribution is -0.380. The van der Waals surface area contributed by atoms with Crippen LogP contribution in [0.3, 0.4) is 0 Å². The highest BCUT2D eigenvalue weighted by Crippen LogP contribution is 2.14. The highest BCUT2D eigenvalue weighted by atomic mass is 32.2. The van der Waals surface area contributed by atoms with Crippen LogP contribution in [0.5, 0.6) is 0 Å². The van der Waals surface area contributed by atoms with E-state index < -0.39 is 14.8 Å². The summed E-state index contributed by atoms with van der Waals surface area (Å²) >= 11 is 0. The highest BCUT2D eigenvalue weighted by molar-refractivity contribution is 8.01. The van der Waals surface area contributed by atoms with Gasteiger partial charge in [0.05, 0.1) is 9.93 Å². The van der Waals surface area contributed by atoms with Crippen LogP contribution in [0.4, 0.5) is 0 Å². The van der Waals surface area contributed by atoms with Crippen LogP contribution in [-0.2, 0) is 14.1 Å². The van der Waals surface area contributed by atoms with E-state index in [1.165, 1.54) is 6.08 Å². The molecule has 1 rings (SSSR count). The van der Waals surface area contributed by atoms with Gasteiger partial charge in [0.25, 0.3) is 0 Å². The molecule has 0 aromatic rings. The lowest BCUT2D eigenvalue weighted by Crippen LogP contribution is -2.28. The van der Waals surface area contributed by atoms with Crippen molar-refractivity contribution in [3.05, 3.63) is 34.7 Å². The molecule has 0 saturated carbocycles. The smallest absolute Gasteiger partial charge is 0.210 e. The third-order valence-electron chi connectivity index (χ3n) is 1.89. The van der Waals surface area contributed by atoms with E-state index >= 15 is 0 Å². The second-order valence-corrected chi connectivity index (χ2v) is 6.84. The third kappa shape index (κ3) is 2.99. The van der Waals surface area contributed by atoms with Gasteiger partial charge in [0.15, 0.2) is 0 Å². The molecule has 78 valence electrons. The van der Waals surface area contributed by atoms with Crippen LogP contribution in [0, 0.1) is 16.3 Å². The molecular formula is C9H13NO3S. The molecule has 0 amide bonds. The van der Waals surface area contributed by atoms with Crippen LogP contribution in [0.25, 0.3) is 0 Å². The Hall–Kier alpha value is -1.10. The number of hydrogen-bond acceptors (Lipinski definition) is 3. The molecule has 0 bridgehead atoms. The number of allylic oxidation sites excluding steroid dienone is 4. The fourth-order valence-corrected chi connectivity index (χ4v) is 2.49. The lowest BCUT2D eigenvalue weighted by Gasteiger charge is -2.16. The number of nitrogens with zero attached hydrogens (tertiary/aromatic N) is 1. The molecule has 0 aromatic heterocycles. The van der Waals surface area contributed by atoms with Crippen LogP contribution in [0.15, 0.2) is 24.3 Å². The van der Waals surface area contributed by atoms with Gasteiger partial charge in [-0.05, 0) is 0 Å². The van der Waals surface area contributed by atoms with Gasteiger partial charge in [-0.25, -0.2) is 0 Å². The topological polar surface area (TPSA) is 66.2 Å². The summed E-state index contributed by atoms with van der Waals surface area (Å²) in [5, 5.41) is 21.3. The average molecular weight is 215 g/mol. The van der Waals surface area contributed by atoms with E-state index in [2.05, 4.69) is 0 Å². The average Bonchev–Trinajstić information content (AvgIpc) is 2.01. The lowest BCUT2D eigenvalue weighted by atomic mass is 10.0. The fourth-order valence-electron chi connectivity index (χ4n) is 1.34. The van der Waals surface area contributed by atoms with Crippen molar-refractivity contribution in [2.24, 2.45) is 5.92 Å². The molecule has 1 aliphatic rings. The number of rotatable bonds is 2. The normalized spacial score (nSPS) is 21.3. The first-order valence-corrected chi connectivity index (χ1v) is 6.72. The Morgan fingerprint density at radius 2 is 2.07 bits per heavy atom. The second kappa shape index (κ2) is 3.96. The van der Waals surface area contributed by atoms with Crippen molar-refractivity contribution in [2.45, 2.75) is 0 Å². The van der Waals surface area contributed by atoms with Gasteiger partial charge in [-0.3, -0.25) is 0 Å². The predicted octanol–water partition coefficient (Wildman–Crippen LogP) is 0.937. The van der Waals surface area contributed by atoms with E-state index in [1.807, 2.05) is 0 Å². The van der Waals surface area contributed by atoms with Crippen molar-refractivity contribution >= 4 is 15.6 Å². The molecule has 0 spiro atoms. The van der Waals surface area contributed by atoms with E-state index in [-0.39, 0.29) is 11.6 Å². The largest absolute Gasteiger partial charge is 0.612 e. The van der Waals surface area contributed by atoms with Crippen LogP contribution in [-0.4, -0.2) is 28.9 Å². The summed E-state index contributed by atoms with van der Waals surface area (Å²) in [7, 11) is -1.95. The molecule has 0 saturated heterocycles. The molecule has 0 radical (unpaired) electrons. The maximum absolute atomic E-state index is 11.5. The van der Waals surface area contributed by atoms with Gasteiger partial charge in [-0.1, -0.05) is 18.2 Å². The molecule has 5 heteroatoms. The Bertz CT molecular complexity index is 347. The molecule has 0 heterocycles. The van der Waals surface area contributed by atoms with E-state index in [0.29, 0.717) is 5.75 Å². The first kappa shape index (κ1) is 11.0. The van der Waals surface area contributed by atoms with E-state index in [0.717, 1.165) is 0 Å². The quantitative estimate of drug-likeness (QED) is 0.391. The minimum Gasteiger partial charge on any atom is -0.612 e. The molecule has 0 aliphatic heterocycles. The van der Waals surface area contributed by atoms with Gasteiger partial charge in [0.1, 0.15) is 24.2 Å². The Kier molecular flexibility index (Phi) is 3.10. The van der Waals surface area contributed by atoms with Crippen LogP contribution >= 0.6 is 0 Å². The zero-order chi connectivity index (χ0) is 10.8. The van der Waals surface area contributed by atoms with Gasteiger partial charge < -0.3 is 10.4 Å². The van der Waals surface area contributed by atoms with E-state index in [4.69, 9.17) is 0 Å². The summed E-state index contributed by atoms with van der Waals surface area (Å²) in [6.07, 6.45) is 9.82. The van der Waals surface area contributed by atoms with Crippen molar-refractivity contribution in [1.29, 1.82) is 0 Å². The number of hydrogen-bond donors (Lipinski definition) is 0. The summed E-state index contributed by atoms with van der Waals surface area (Å²) < 4.78 is 11.5. The van der Waals surface area contributed by atoms with Gasteiger partial charge in [-0.15, -0.1) is 4.21 Å². The molecular weight excluding hydrogens is 202 g/mol. The molecule has 1 atom stereocenters. The van der Waals surface area contributed by atoms with Gasteiger partial charge in [0, 0.05) is 6.08 Å². The monoisotopic (exact) mass is 215 g/mol. The van der Waals surface area contributed by atoms with Crippen LogP contribution in [0.2, 0.25) is 0 Å². The fraction of sp³-hybridized carbons (Fsp3) is 0.444. The summed E-state index contributed by atoms with van der Waals surface area (Å²) in [5.74, 6) is 0.0157. The second-order valence-electron chi connectivity index (χ2n) is 3.64. The standard InChI is InChI=1S/C9H13NO3S/c1-14(2,13)7-8-5-3-4-6-9(8)10(11)12/h3-6,8H,7H2,1-2H3. The predicted molar refractivity (Wildman–Crippen MR) is 58.5 cm³/mol. The van der Waals surface area contributed by atoms with E-state index in [1.54, 1.807) is 30.7 Å². The highest BCUT2D eigenvalue weighted by Gasteiger charge is 2.27. The van der Waals surface area contributed by atoms with Crippen molar-refractivity contribution in [3.63, 3.8) is 0 Å². The van der Waals surface area contributed by atoms with Gasteiger partial charge in [-0.2, -0.15) is 4.90 Å². The van der Waals surface area contributed by atoms with E-state index in [9.17, 15) is 14.6 Å². The molecule has 1 aliphatic carbocycles. The Morgan fingerprint density at radius 1 is 1.43 bits per heavy atom. The molecule has 1 unspecified atom stereocenters. The minimum atomic E-state index is -1.95. The zero-order valence-electron chi connectivity index (χ0n) is 8.17. The molecule has 14 heavy (non-hydrogen) atoms. The first-order chi connectivity index (χ1) is 6.40. The Labute approximate surface area is 84.2 Å². The summed E-state index contributed by atoms with van der Waals surface area (Å²) in [4.78, 5) is -0.407. The van der Waals surface area contributed by atoms with Gasteiger partial charge in [0.2, 0.25) is 5.71 Å². The first-order valence-electron chi connectivity index (χ1n) is 4.18. The SMILES string of the molecule is C[S+](C)(=O)CC1C=CC=CC1=[N+]([O-])[O-]. The summed E-state index contributed by atoms with van der Waals surface area (Å²) in [6.45, 7) is 0.